The molecule has 0 radical (unpaired) electrons. The summed E-state index contributed by atoms with van der Waals surface area (Å²) in [4.78, 5) is 12.6. The number of nitrogens with zero attached hydrogens (tertiary/aromatic N) is 1. The number of halogens is 4. The summed E-state index contributed by atoms with van der Waals surface area (Å²) in [5.41, 5.74) is 0.626. The van der Waals surface area contributed by atoms with Crippen LogP contribution in [0, 0.1) is 0 Å². The molecule has 1 aromatic rings. The number of hydrogen-bond acceptors (Lipinski definition) is 2. The number of rotatable bonds is 2. The minimum Gasteiger partial charge on any atom is -0.410 e. The van der Waals surface area contributed by atoms with Gasteiger partial charge in [0.1, 0.15) is 11.1 Å². The van der Waals surface area contributed by atoms with Gasteiger partial charge in [0.15, 0.2) is 0 Å². The van der Waals surface area contributed by atoms with E-state index in [1.54, 1.807) is 38.4 Å². The molecule has 1 rings (SSSR count). The van der Waals surface area contributed by atoms with Gasteiger partial charge in [0.2, 0.25) is 3.79 Å². The average Bonchev–Trinajstić information content (AvgIpc) is 2.27. The first-order valence-electron chi connectivity index (χ1n) is 4.91. The smallest absolute Gasteiger partial charge is 0.410 e. The van der Waals surface area contributed by atoms with Gasteiger partial charge >= 0.3 is 6.09 Å². The molecule has 100 valence electrons. The zero-order chi connectivity index (χ0) is 13.9. The average molecular weight is 331 g/mol. The van der Waals surface area contributed by atoms with Crippen LogP contribution in [0.1, 0.15) is 10.9 Å². The molecule has 0 saturated carbocycles. The Bertz CT molecular complexity index is 414. The van der Waals surface area contributed by atoms with E-state index in [0.29, 0.717) is 11.3 Å². The Morgan fingerprint density at radius 2 is 1.72 bits per heavy atom. The van der Waals surface area contributed by atoms with E-state index in [2.05, 4.69) is 0 Å². The van der Waals surface area contributed by atoms with Crippen LogP contribution in [0.15, 0.2) is 24.3 Å². The van der Waals surface area contributed by atoms with Gasteiger partial charge in [-0.2, -0.15) is 0 Å². The number of carbonyl (C=O) groups is 1. The van der Waals surface area contributed by atoms with E-state index in [-0.39, 0.29) is 0 Å². The molecule has 7 heteroatoms. The van der Waals surface area contributed by atoms with E-state index in [4.69, 9.17) is 51.1 Å². The standard InChI is InChI=1S/C11H11Cl4NO2/c1-16(2)10(17)18-8-5-3-7(4-6-8)9(12)11(13,14)15/h3-6,9H,1-2H3. The van der Waals surface area contributed by atoms with Crippen molar-refractivity contribution in [2.45, 2.75) is 9.17 Å². The van der Waals surface area contributed by atoms with Crippen LogP contribution in [0.25, 0.3) is 0 Å². The third-order valence-corrected chi connectivity index (χ3v) is 3.60. The van der Waals surface area contributed by atoms with Crippen molar-refractivity contribution in [1.82, 2.24) is 4.90 Å². The summed E-state index contributed by atoms with van der Waals surface area (Å²) < 4.78 is 3.45. The van der Waals surface area contributed by atoms with Crippen molar-refractivity contribution in [2.75, 3.05) is 14.1 Å². The summed E-state index contributed by atoms with van der Waals surface area (Å²) in [7, 11) is 3.18. The van der Waals surface area contributed by atoms with Gasteiger partial charge in [-0.1, -0.05) is 46.9 Å². The second kappa shape index (κ2) is 6.20. The summed E-state index contributed by atoms with van der Waals surface area (Å²) in [6, 6.07) is 6.45. The van der Waals surface area contributed by atoms with E-state index in [9.17, 15) is 4.79 Å². The van der Waals surface area contributed by atoms with Gasteiger partial charge in [0.25, 0.3) is 0 Å². The minimum atomic E-state index is -1.59. The molecule has 0 spiro atoms. The third-order valence-electron chi connectivity index (χ3n) is 2.03. The molecule has 0 aromatic heterocycles. The van der Waals surface area contributed by atoms with Gasteiger partial charge in [0.05, 0.1) is 0 Å². The first-order chi connectivity index (χ1) is 8.21. The number of amides is 1. The van der Waals surface area contributed by atoms with Crippen LogP contribution in [0.2, 0.25) is 0 Å². The monoisotopic (exact) mass is 329 g/mol. The molecule has 0 fully saturated rings. The summed E-state index contributed by atoms with van der Waals surface area (Å²) in [5.74, 6) is 0.394. The van der Waals surface area contributed by atoms with Gasteiger partial charge < -0.3 is 9.64 Å². The second-order valence-electron chi connectivity index (χ2n) is 3.74. The molecule has 18 heavy (non-hydrogen) atoms. The predicted octanol–water partition coefficient (Wildman–Crippen LogP) is 4.40. The van der Waals surface area contributed by atoms with Crippen LogP contribution in [-0.2, 0) is 0 Å². The number of ether oxygens (including phenoxy) is 1. The van der Waals surface area contributed by atoms with Crippen LogP contribution >= 0.6 is 46.4 Å². The highest BCUT2D eigenvalue weighted by atomic mass is 35.6. The molecule has 0 saturated heterocycles. The largest absolute Gasteiger partial charge is 0.414 e. The van der Waals surface area contributed by atoms with Gasteiger partial charge in [-0.25, -0.2) is 4.79 Å². The Kier molecular flexibility index (Phi) is 5.41. The van der Waals surface area contributed by atoms with Crippen LogP contribution in [0.5, 0.6) is 5.75 Å². The van der Waals surface area contributed by atoms with E-state index < -0.39 is 15.3 Å². The minimum absolute atomic E-state index is 0.394. The number of alkyl halides is 4. The highest BCUT2D eigenvalue weighted by Gasteiger charge is 2.32. The molecule has 0 aliphatic carbocycles. The highest BCUT2D eigenvalue weighted by Crippen LogP contribution is 2.44. The van der Waals surface area contributed by atoms with Crippen LogP contribution in [0.3, 0.4) is 0 Å². The van der Waals surface area contributed by atoms with Crippen LogP contribution in [0.4, 0.5) is 4.79 Å². The number of benzene rings is 1. The van der Waals surface area contributed by atoms with Crippen molar-refractivity contribution < 1.29 is 9.53 Å². The van der Waals surface area contributed by atoms with E-state index in [0.717, 1.165) is 0 Å². The maximum Gasteiger partial charge on any atom is 0.414 e. The molecule has 1 atom stereocenters. The lowest BCUT2D eigenvalue weighted by Gasteiger charge is -2.18. The maximum atomic E-state index is 11.3. The Labute approximate surface area is 126 Å². The van der Waals surface area contributed by atoms with Gasteiger partial charge in [-0.15, -0.1) is 11.6 Å². The van der Waals surface area contributed by atoms with E-state index in [1.807, 2.05) is 0 Å². The Morgan fingerprint density at radius 3 is 2.11 bits per heavy atom. The van der Waals surface area contributed by atoms with Gasteiger partial charge in [0, 0.05) is 14.1 Å². The van der Waals surface area contributed by atoms with Crippen molar-refractivity contribution in [3.8, 4) is 5.75 Å². The number of hydrogen-bond donors (Lipinski definition) is 0. The number of carbonyl (C=O) groups excluding carboxylic acids is 1. The lowest BCUT2D eigenvalue weighted by Crippen LogP contribution is -2.25. The molecule has 0 bridgehead atoms. The molecule has 0 N–H and O–H groups in total. The fourth-order valence-electron chi connectivity index (χ4n) is 1.09. The van der Waals surface area contributed by atoms with Crippen molar-refractivity contribution >= 4 is 52.5 Å². The maximum absolute atomic E-state index is 11.3. The normalized spacial score (nSPS) is 13.0. The van der Waals surface area contributed by atoms with Crippen LogP contribution < -0.4 is 4.74 Å². The lowest BCUT2D eigenvalue weighted by atomic mass is 10.1. The lowest BCUT2D eigenvalue weighted by molar-refractivity contribution is 0.172. The molecular weight excluding hydrogens is 320 g/mol. The molecule has 1 aromatic carbocycles. The first kappa shape index (κ1) is 15.7. The van der Waals surface area contributed by atoms with E-state index in [1.165, 1.54) is 4.90 Å². The SMILES string of the molecule is CN(C)C(=O)Oc1ccc(C(Cl)C(Cl)(Cl)Cl)cc1. The molecule has 0 aliphatic heterocycles. The Balaban J connectivity index is 2.78. The first-order valence-corrected chi connectivity index (χ1v) is 6.48. The third kappa shape index (κ3) is 4.39. The molecule has 1 unspecified atom stereocenters. The predicted molar refractivity (Wildman–Crippen MR) is 75.0 cm³/mol. The Hall–Kier alpha value is -0.350. The van der Waals surface area contributed by atoms with Gasteiger partial charge in [-0.3, -0.25) is 0 Å². The molecular formula is C11H11Cl4NO2. The second-order valence-corrected chi connectivity index (χ2v) is 6.54. The molecule has 3 nitrogen and oxygen atoms in total. The summed E-state index contributed by atoms with van der Waals surface area (Å²) in [6.07, 6.45) is -0.466. The fraction of sp³-hybridized carbons (Fsp3) is 0.364. The zero-order valence-electron chi connectivity index (χ0n) is 9.66. The van der Waals surface area contributed by atoms with Gasteiger partial charge in [-0.05, 0) is 17.7 Å². The quantitative estimate of drug-likeness (QED) is 0.752. The van der Waals surface area contributed by atoms with Crippen molar-refractivity contribution in [3.05, 3.63) is 29.8 Å². The highest BCUT2D eigenvalue weighted by molar-refractivity contribution is 6.70. The molecule has 0 heterocycles. The zero-order valence-corrected chi connectivity index (χ0v) is 12.7. The topological polar surface area (TPSA) is 29.5 Å². The molecule has 0 aliphatic rings. The fourth-order valence-corrected chi connectivity index (χ4v) is 1.61. The van der Waals surface area contributed by atoms with Crippen molar-refractivity contribution in [3.63, 3.8) is 0 Å². The van der Waals surface area contributed by atoms with Crippen molar-refractivity contribution in [1.29, 1.82) is 0 Å². The summed E-state index contributed by atoms with van der Waals surface area (Å²) in [5, 5.41) is -0.777. The van der Waals surface area contributed by atoms with E-state index >= 15 is 0 Å². The summed E-state index contributed by atoms with van der Waals surface area (Å²) >= 11 is 23.1. The van der Waals surface area contributed by atoms with Crippen LogP contribution in [-0.4, -0.2) is 28.9 Å². The molecule has 1 amide bonds. The van der Waals surface area contributed by atoms with Crippen molar-refractivity contribution in [2.24, 2.45) is 0 Å². The Morgan fingerprint density at radius 1 is 1.22 bits per heavy atom. The summed E-state index contributed by atoms with van der Waals surface area (Å²) in [6.45, 7) is 0.